The van der Waals surface area contributed by atoms with Gasteiger partial charge in [-0.3, -0.25) is 9.69 Å². The van der Waals surface area contributed by atoms with Crippen LogP contribution in [0.4, 0.5) is 5.69 Å². The van der Waals surface area contributed by atoms with Crippen molar-refractivity contribution in [2.45, 2.75) is 26.4 Å². The van der Waals surface area contributed by atoms with Crippen LogP contribution in [0.5, 0.6) is 0 Å². The summed E-state index contributed by atoms with van der Waals surface area (Å²) in [5.41, 5.74) is 4.97. The number of anilines is 1. The maximum Gasteiger partial charge on any atom is 0.256 e. The lowest BCUT2D eigenvalue weighted by molar-refractivity contribution is 0.0342. The number of nitrogens with zero attached hydrogens (tertiary/aromatic N) is 4. The highest BCUT2D eigenvalue weighted by Crippen LogP contribution is 2.27. The second-order valence-electron chi connectivity index (χ2n) is 8.88. The topological polar surface area (TPSA) is 72.3 Å². The Morgan fingerprint density at radius 2 is 1.79 bits per heavy atom. The molecule has 4 aromatic rings. The Hall–Kier alpha value is -3.55. The van der Waals surface area contributed by atoms with E-state index in [0.717, 1.165) is 55.2 Å². The molecule has 5 rings (SSSR count). The van der Waals surface area contributed by atoms with Gasteiger partial charge in [-0.25, -0.2) is 9.67 Å². The van der Waals surface area contributed by atoms with Gasteiger partial charge in [0, 0.05) is 36.9 Å². The number of morpholine rings is 1. The summed E-state index contributed by atoms with van der Waals surface area (Å²) in [4.78, 5) is 20.6. The fourth-order valence-electron chi connectivity index (χ4n) is 4.25. The molecule has 1 saturated heterocycles. The predicted octanol–water partition coefficient (Wildman–Crippen LogP) is 4.76. The van der Waals surface area contributed by atoms with Gasteiger partial charge in [-0.2, -0.15) is 5.10 Å². The second kappa shape index (κ2) is 9.75. The van der Waals surface area contributed by atoms with Crippen molar-refractivity contribution >= 4 is 22.6 Å². The molecule has 7 heteroatoms. The van der Waals surface area contributed by atoms with E-state index in [1.54, 1.807) is 6.20 Å². The molecule has 0 atom stereocenters. The van der Waals surface area contributed by atoms with Gasteiger partial charge < -0.3 is 10.1 Å². The molecule has 34 heavy (non-hydrogen) atoms. The van der Waals surface area contributed by atoms with E-state index in [1.165, 1.54) is 5.56 Å². The SMILES string of the molecule is CC(C)n1ncc2c(C(=O)Nc3ccc(CN4CCOCC4)cc3)cc(-c3ccccc3)nc21. The van der Waals surface area contributed by atoms with Crippen molar-refractivity contribution in [2.75, 3.05) is 31.6 Å². The highest BCUT2D eigenvalue weighted by molar-refractivity contribution is 6.12. The molecule has 1 aliphatic heterocycles. The highest BCUT2D eigenvalue weighted by atomic mass is 16.5. The Kier molecular flexibility index (Phi) is 6.38. The van der Waals surface area contributed by atoms with Gasteiger partial charge in [0.2, 0.25) is 0 Å². The largest absolute Gasteiger partial charge is 0.379 e. The van der Waals surface area contributed by atoms with Crippen molar-refractivity contribution in [2.24, 2.45) is 0 Å². The molecule has 1 fully saturated rings. The fraction of sp³-hybridized carbons (Fsp3) is 0.296. The smallest absolute Gasteiger partial charge is 0.256 e. The maximum absolute atomic E-state index is 13.4. The summed E-state index contributed by atoms with van der Waals surface area (Å²) in [6.45, 7) is 8.47. The molecule has 2 aromatic heterocycles. The van der Waals surface area contributed by atoms with Crippen LogP contribution < -0.4 is 5.32 Å². The van der Waals surface area contributed by atoms with Crippen molar-refractivity contribution in [1.82, 2.24) is 19.7 Å². The number of carbonyl (C=O) groups excluding carboxylic acids is 1. The van der Waals surface area contributed by atoms with Gasteiger partial charge >= 0.3 is 0 Å². The summed E-state index contributed by atoms with van der Waals surface area (Å²) >= 11 is 0. The number of hydrogen-bond acceptors (Lipinski definition) is 5. The number of fused-ring (bicyclic) bond motifs is 1. The Bertz CT molecular complexity index is 1280. The summed E-state index contributed by atoms with van der Waals surface area (Å²) in [6.07, 6.45) is 1.73. The molecule has 0 unspecified atom stereocenters. The van der Waals surface area contributed by atoms with Crippen LogP contribution in [0.1, 0.15) is 35.8 Å². The third-order valence-electron chi connectivity index (χ3n) is 6.09. The van der Waals surface area contributed by atoms with Crippen LogP contribution in [-0.4, -0.2) is 51.9 Å². The van der Waals surface area contributed by atoms with E-state index in [1.807, 2.05) is 53.2 Å². The van der Waals surface area contributed by atoms with Gasteiger partial charge in [0.25, 0.3) is 5.91 Å². The van der Waals surface area contributed by atoms with E-state index in [9.17, 15) is 4.79 Å². The monoisotopic (exact) mass is 455 g/mol. The van der Waals surface area contributed by atoms with Gasteiger partial charge in [0.1, 0.15) is 0 Å². The molecule has 1 N–H and O–H groups in total. The normalized spacial score (nSPS) is 14.6. The molecule has 0 saturated carbocycles. The number of carbonyl (C=O) groups is 1. The van der Waals surface area contributed by atoms with E-state index in [2.05, 4.69) is 41.3 Å². The Labute approximate surface area is 199 Å². The van der Waals surface area contributed by atoms with Crippen LogP contribution in [-0.2, 0) is 11.3 Å². The number of nitrogens with one attached hydrogen (secondary N) is 1. The zero-order chi connectivity index (χ0) is 23.5. The Morgan fingerprint density at radius 1 is 1.06 bits per heavy atom. The molecule has 174 valence electrons. The minimum absolute atomic E-state index is 0.131. The average Bonchev–Trinajstić information content (AvgIpc) is 3.30. The first-order valence-corrected chi connectivity index (χ1v) is 11.7. The zero-order valence-corrected chi connectivity index (χ0v) is 19.6. The molecule has 7 nitrogen and oxygen atoms in total. The molecule has 0 spiro atoms. The molecule has 2 aromatic carbocycles. The molecule has 1 aliphatic rings. The first-order chi connectivity index (χ1) is 16.6. The molecular formula is C27H29N5O2. The fourth-order valence-corrected chi connectivity index (χ4v) is 4.25. The number of amides is 1. The van der Waals surface area contributed by atoms with E-state index < -0.39 is 0 Å². The third kappa shape index (κ3) is 4.71. The van der Waals surface area contributed by atoms with Gasteiger partial charge in [0.15, 0.2) is 5.65 Å². The first kappa shape index (κ1) is 22.3. The molecule has 0 aliphatic carbocycles. The third-order valence-corrected chi connectivity index (χ3v) is 6.09. The lowest BCUT2D eigenvalue weighted by atomic mass is 10.1. The van der Waals surface area contributed by atoms with Crippen LogP contribution >= 0.6 is 0 Å². The number of rotatable bonds is 6. The molecule has 1 amide bonds. The lowest BCUT2D eigenvalue weighted by Gasteiger charge is -2.26. The first-order valence-electron chi connectivity index (χ1n) is 11.7. The van der Waals surface area contributed by atoms with Crippen molar-refractivity contribution < 1.29 is 9.53 Å². The summed E-state index contributed by atoms with van der Waals surface area (Å²) in [7, 11) is 0. The number of benzene rings is 2. The Balaban J connectivity index is 1.42. The lowest BCUT2D eigenvalue weighted by Crippen LogP contribution is -2.35. The van der Waals surface area contributed by atoms with Crippen molar-refractivity contribution in [3.05, 3.63) is 78.0 Å². The van der Waals surface area contributed by atoms with Crippen molar-refractivity contribution in [3.63, 3.8) is 0 Å². The van der Waals surface area contributed by atoms with Gasteiger partial charge in [0.05, 0.1) is 36.1 Å². The zero-order valence-electron chi connectivity index (χ0n) is 19.6. The van der Waals surface area contributed by atoms with Gasteiger partial charge in [-0.15, -0.1) is 0 Å². The minimum Gasteiger partial charge on any atom is -0.379 e. The maximum atomic E-state index is 13.4. The average molecular weight is 456 g/mol. The van der Waals surface area contributed by atoms with Crippen LogP contribution in [0.2, 0.25) is 0 Å². The number of pyridine rings is 1. The molecular weight excluding hydrogens is 426 g/mol. The standard InChI is InChI=1S/C27H29N5O2/c1-19(2)32-26-24(17-28-32)23(16-25(30-26)21-6-4-3-5-7-21)27(33)29-22-10-8-20(9-11-22)18-31-12-14-34-15-13-31/h3-11,16-17,19H,12-15,18H2,1-2H3,(H,29,33). The van der Waals surface area contributed by atoms with Gasteiger partial charge in [-0.05, 0) is 37.6 Å². The highest BCUT2D eigenvalue weighted by Gasteiger charge is 2.19. The number of ether oxygens (including phenoxy) is 1. The molecule has 0 radical (unpaired) electrons. The molecule has 0 bridgehead atoms. The summed E-state index contributed by atoms with van der Waals surface area (Å²) in [5.74, 6) is -0.172. The van der Waals surface area contributed by atoms with Crippen LogP contribution in [0, 0.1) is 0 Å². The summed E-state index contributed by atoms with van der Waals surface area (Å²) < 4.78 is 7.28. The van der Waals surface area contributed by atoms with Crippen molar-refractivity contribution in [3.8, 4) is 11.3 Å². The van der Waals surface area contributed by atoms with Crippen LogP contribution in [0.25, 0.3) is 22.3 Å². The summed E-state index contributed by atoms with van der Waals surface area (Å²) in [6, 6.07) is 20.0. The summed E-state index contributed by atoms with van der Waals surface area (Å²) in [5, 5.41) is 8.31. The van der Waals surface area contributed by atoms with Crippen LogP contribution in [0.3, 0.4) is 0 Å². The quantitative estimate of drug-likeness (QED) is 0.454. The van der Waals surface area contributed by atoms with Gasteiger partial charge in [-0.1, -0.05) is 42.5 Å². The van der Waals surface area contributed by atoms with Crippen LogP contribution in [0.15, 0.2) is 66.9 Å². The van der Waals surface area contributed by atoms with E-state index in [-0.39, 0.29) is 11.9 Å². The second-order valence-corrected chi connectivity index (χ2v) is 8.88. The predicted molar refractivity (Wildman–Crippen MR) is 134 cm³/mol. The number of hydrogen-bond donors (Lipinski definition) is 1. The Morgan fingerprint density at radius 3 is 2.50 bits per heavy atom. The molecule has 3 heterocycles. The van der Waals surface area contributed by atoms with E-state index in [0.29, 0.717) is 11.2 Å². The van der Waals surface area contributed by atoms with E-state index >= 15 is 0 Å². The van der Waals surface area contributed by atoms with E-state index in [4.69, 9.17) is 9.72 Å². The van der Waals surface area contributed by atoms with Crippen molar-refractivity contribution in [1.29, 1.82) is 0 Å². The minimum atomic E-state index is -0.172. The number of aromatic nitrogens is 3.